The Hall–Kier alpha value is -1.68. The molecular formula is C14H16N2O2. The summed E-state index contributed by atoms with van der Waals surface area (Å²) in [6, 6.07) is 3.48. The third-order valence-corrected chi connectivity index (χ3v) is 3.78. The summed E-state index contributed by atoms with van der Waals surface area (Å²) in [5.41, 5.74) is 0.850. The Morgan fingerprint density at radius 2 is 2.11 bits per heavy atom. The summed E-state index contributed by atoms with van der Waals surface area (Å²) in [6.45, 7) is 0. The molecule has 0 spiro atoms. The van der Waals surface area contributed by atoms with Crippen molar-refractivity contribution in [2.75, 3.05) is 0 Å². The summed E-state index contributed by atoms with van der Waals surface area (Å²) in [6.07, 6.45) is 8.76. The van der Waals surface area contributed by atoms with Crippen molar-refractivity contribution in [1.82, 2.24) is 9.55 Å². The highest BCUT2D eigenvalue weighted by atomic mass is 16.3. The van der Waals surface area contributed by atoms with Gasteiger partial charge >= 0.3 is 0 Å². The maximum Gasteiger partial charge on any atom is 0.190 e. The number of hydrogen-bond donors (Lipinski definition) is 1. The van der Waals surface area contributed by atoms with Crippen LogP contribution >= 0.6 is 0 Å². The minimum atomic E-state index is -0.322. The zero-order valence-corrected chi connectivity index (χ0v) is 10.1. The Balaban J connectivity index is 2.17. The minimum absolute atomic E-state index is 0.0142. The molecule has 0 aliphatic heterocycles. The fraction of sp³-hybridized carbons (Fsp3) is 0.429. The summed E-state index contributed by atoms with van der Waals surface area (Å²) in [7, 11) is 0. The van der Waals surface area contributed by atoms with Crippen LogP contribution in [0.4, 0.5) is 0 Å². The topological polar surface area (TPSA) is 55.1 Å². The van der Waals surface area contributed by atoms with E-state index in [4.69, 9.17) is 0 Å². The summed E-state index contributed by atoms with van der Waals surface area (Å²) in [5, 5.41) is 10.8. The smallest absolute Gasteiger partial charge is 0.190 e. The highest BCUT2D eigenvalue weighted by Crippen LogP contribution is 2.30. The highest BCUT2D eigenvalue weighted by Gasteiger charge is 2.24. The van der Waals surface area contributed by atoms with E-state index in [0.717, 1.165) is 31.2 Å². The number of fused-ring (bicyclic) bond motifs is 1. The standard InChI is InChI=1S/C14H16N2O2/c17-13-6-8-16(11-5-7-15-9-10(11)13)12-3-1-2-4-14(12)18/h5-9,12,14,18H,1-4H2/t12-,14+/m0/s1. The molecule has 1 aliphatic rings. The van der Waals surface area contributed by atoms with Crippen molar-refractivity contribution in [3.05, 3.63) is 40.9 Å². The average Bonchev–Trinajstić information content (AvgIpc) is 2.41. The molecule has 1 N–H and O–H groups in total. The van der Waals surface area contributed by atoms with Crippen molar-refractivity contribution in [3.8, 4) is 0 Å². The molecule has 4 heteroatoms. The largest absolute Gasteiger partial charge is 0.391 e. The summed E-state index contributed by atoms with van der Waals surface area (Å²) in [5.74, 6) is 0. The van der Waals surface area contributed by atoms with E-state index in [1.807, 2.05) is 10.6 Å². The first-order valence-electron chi connectivity index (χ1n) is 6.40. The first kappa shape index (κ1) is 11.4. The van der Waals surface area contributed by atoms with E-state index in [9.17, 15) is 9.90 Å². The highest BCUT2D eigenvalue weighted by molar-refractivity contribution is 5.77. The molecule has 4 nitrogen and oxygen atoms in total. The van der Waals surface area contributed by atoms with Crippen LogP contribution in [0.1, 0.15) is 31.7 Å². The van der Waals surface area contributed by atoms with Crippen molar-refractivity contribution < 1.29 is 5.11 Å². The van der Waals surface area contributed by atoms with Crippen LogP contribution in [0, 0.1) is 0 Å². The Labute approximate surface area is 105 Å². The number of nitrogens with zero attached hydrogens (tertiary/aromatic N) is 2. The van der Waals surface area contributed by atoms with Gasteiger partial charge in [0.05, 0.1) is 23.0 Å². The second-order valence-corrected chi connectivity index (χ2v) is 4.90. The number of aliphatic hydroxyl groups excluding tert-OH is 1. The lowest BCUT2D eigenvalue weighted by Gasteiger charge is -2.30. The third kappa shape index (κ3) is 1.82. The maximum atomic E-state index is 11.8. The molecule has 0 saturated heterocycles. The minimum Gasteiger partial charge on any atom is -0.391 e. The molecule has 0 amide bonds. The Kier molecular flexibility index (Phi) is 2.88. The molecule has 0 bridgehead atoms. The van der Waals surface area contributed by atoms with Gasteiger partial charge in [-0.3, -0.25) is 9.78 Å². The number of rotatable bonds is 1. The second kappa shape index (κ2) is 4.53. The van der Waals surface area contributed by atoms with E-state index in [2.05, 4.69) is 4.98 Å². The van der Waals surface area contributed by atoms with Crippen LogP contribution in [-0.2, 0) is 0 Å². The van der Waals surface area contributed by atoms with Gasteiger partial charge in [0.25, 0.3) is 0 Å². The summed E-state index contributed by atoms with van der Waals surface area (Å²) < 4.78 is 2.03. The van der Waals surface area contributed by atoms with Gasteiger partial charge in [-0.25, -0.2) is 0 Å². The SMILES string of the molecule is O=c1ccn([C@H]2CCCC[C@H]2O)c2ccncc12. The molecule has 2 aromatic heterocycles. The van der Waals surface area contributed by atoms with Crippen molar-refractivity contribution in [1.29, 1.82) is 0 Å². The molecular weight excluding hydrogens is 228 g/mol. The van der Waals surface area contributed by atoms with E-state index < -0.39 is 0 Å². The summed E-state index contributed by atoms with van der Waals surface area (Å²) in [4.78, 5) is 15.8. The molecule has 1 fully saturated rings. The molecule has 1 saturated carbocycles. The summed E-state index contributed by atoms with van der Waals surface area (Å²) >= 11 is 0. The van der Waals surface area contributed by atoms with Gasteiger partial charge < -0.3 is 9.67 Å². The van der Waals surface area contributed by atoms with Crippen molar-refractivity contribution >= 4 is 10.9 Å². The van der Waals surface area contributed by atoms with Crippen molar-refractivity contribution in [2.45, 2.75) is 37.8 Å². The molecule has 0 radical (unpaired) electrons. The molecule has 0 unspecified atom stereocenters. The molecule has 1 aliphatic carbocycles. The average molecular weight is 244 g/mol. The third-order valence-electron chi connectivity index (χ3n) is 3.78. The number of aliphatic hydroxyl groups is 1. The second-order valence-electron chi connectivity index (χ2n) is 4.90. The van der Waals surface area contributed by atoms with Gasteiger partial charge in [0.15, 0.2) is 5.43 Å². The molecule has 0 aromatic carbocycles. The first-order chi connectivity index (χ1) is 8.77. The maximum absolute atomic E-state index is 11.8. The van der Waals surface area contributed by atoms with E-state index >= 15 is 0 Å². The van der Waals surface area contributed by atoms with Crippen LogP contribution in [0.3, 0.4) is 0 Å². The van der Waals surface area contributed by atoms with Crippen LogP contribution in [0.5, 0.6) is 0 Å². The van der Waals surface area contributed by atoms with Crippen molar-refractivity contribution in [2.24, 2.45) is 0 Å². The quantitative estimate of drug-likeness (QED) is 0.833. The zero-order valence-electron chi connectivity index (χ0n) is 10.1. The van der Waals surface area contributed by atoms with Gasteiger partial charge in [-0.15, -0.1) is 0 Å². The van der Waals surface area contributed by atoms with Crippen LogP contribution in [0.25, 0.3) is 10.9 Å². The van der Waals surface area contributed by atoms with Crippen molar-refractivity contribution in [3.63, 3.8) is 0 Å². The van der Waals surface area contributed by atoms with Gasteiger partial charge in [-0.2, -0.15) is 0 Å². The molecule has 94 valence electrons. The number of pyridine rings is 2. The molecule has 2 heterocycles. The molecule has 18 heavy (non-hydrogen) atoms. The Morgan fingerprint density at radius 1 is 1.28 bits per heavy atom. The van der Waals surface area contributed by atoms with E-state index in [1.54, 1.807) is 24.7 Å². The lowest BCUT2D eigenvalue weighted by atomic mass is 9.92. The van der Waals surface area contributed by atoms with Gasteiger partial charge in [0, 0.05) is 24.7 Å². The molecule has 2 atom stereocenters. The van der Waals surface area contributed by atoms with Gasteiger partial charge in [0.2, 0.25) is 0 Å². The molecule has 3 rings (SSSR count). The Bertz CT molecular complexity index is 620. The fourth-order valence-corrected chi connectivity index (χ4v) is 2.83. The van der Waals surface area contributed by atoms with Crippen LogP contribution in [0.15, 0.2) is 35.5 Å². The predicted octanol–water partition coefficient (Wildman–Crippen LogP) is 1.87. The Morgan fingerprint density at radius 3 is 2.94 bits per heavy atom. The first-order valence-corrected chi connectivity index (χ1v) is 6.40. The predicted molar refractivity (Wildman–Crippen MR) is 69.5 cm³/mol. The zero-order chi connectivity index (χ0) is 12.5. The van der Waals surface area contributed by atoms with Crippen LogP contribution in [-0.4, -0.2) is 20.8 Å². The van der Waals surface area contributed by atoms with Gasteiger partial charge in [-0.05, 0) is 18.9 Å². The van der Waals surface area contributed by atoms with E-state index in [-0.39, 0.29) is 17.6 Å². The number of aromatic nitrogens is 2. The van der Waals surface area contributed by atoms with Gasteiger partial charge in [-0.1, -0.05) is 12.8 Å². The lowest BCUT2D eigenvalue weighted by Crippen LogP contribution is -2.28. The van der Waals surface area contributed by atoms with E-state index in [1.165, 1.54) is 0 Å². The lowest BCUT2D eigenvalue weighted by molar-refractivity contribution is 0.0773. The normalized spacial score (nSPS) is 24.3. The van der Waals surface area contributed by atoms with Crippen LogP contribution < -0.4 is 5.43 Å². The number of hydrogen-bond acceptors (Lipinski definition) is 3. The van der Waals surface area contributed by atoms with E-state index in [0.29, 0.717) is 5.39 Å². The van der Waals surface area contributed by atoms with Crippen LogP contribution in [0.2, 0.25) is 0 Å². The molecule has 2 aromatic rings. The monoisotopic (exact) mass is 244 g/mol. The fourth-order valence-electron chi connectivity index (χ4n) is 2.83. The van der Waals surface area contributed by atoms with Gasteiger partial charge in [0.1, 0.15) is 0 Å².